The van der Waals surface area contributed by atoms with Crippen molar-refractivity contribution in [2.75, 3.05) is 6.61 Å². The standard InChI is InChI=1S/C17H26O4/c1-5-20-16(19)17(3,4)15(18)11-13(2)21-12-14-9-7-6-8-10-14/h6-10,13,15,18H,5,11-12H2,1-4H3/t13-,15+/m0/s1. The lowest BCUT2D eigenvalue weighted by Crippen LogP contribution is -2.40. The summed E-state index contributed by atoms with van der Waals surface area (Å²) in [6.07, 6.45) is -0.560. The van der Waals surface area contributed by atoms with E-state index in [1.165, 1.54) is 0 Å². The first-order valence-corrected chi connectivity index (χ1v) is 7.38. The molecule has 0 saturated carbocycles. The molecule has 4 heteroatoms. The Bertz CT molecular complexity index is 428. The maximum absolute atomic E-state index is 11.8. The van der Waals surface area contributed by atoms with E-state index in [1.54, 1.807) is 20.8 Å². The Kier molecular flexibility index (Phi) is 6.85. The van der Waals surface area contributed by atoms with Gasteiger partial charge in [-0.25, -0.2) is 0 Å². The lowest BCUT2D eigenvalue weighted by molar-refractivity contribution is -0.161. The van der Waals surface area contributed by atoms with Crippen LogP contribution in [0.2, 0.25) is 0 Å². The van der Waals surface area contributed by atoms with Gasteiger partial charge in [0.25, 0.3) is 0 Å². The Labute approximate surface area is 127 Å². The van der Waals surface area contributed by atoms with Crippen molar-refractivity contribution in [2.45, 2.75) is 52.9 Å². The van der Waals surface area contributed by atoms with Crippen molar-refractivity contribution in [3.63, 3.8) is 0 Å². The van der Waals surface area contributed by atoms with Crippen LogP contribution in [0.3, 0.4) is 0 Å². The van der Waals surface area contributed by atoms with Gasteiger partial charge in [0.05, 0.1) is 30.8 Å². The number of aliphatic hydroxyl groups excluding tert-OH is 1. The zero-order valence-electron chi connectivity index (χ0n) is 13.3. The smallest absolute Gasteiger partial charge is 0.314 e. The summed E-state index contributed by atoms with van der Waals surface area (Å²) in [4.78, 5) is 11.8. The summed E-state index contributed by atoms with van der Waals surface area (Å²) in [5, 5.41) is 10.3. The summed E-state index contributed by atoms with van der Waals surface area (Å²) in [7, 11) is 0. The van der Waals surface area contributed by atoms with Crippen LogP contribution in [0.15, 0.2) is 30.3 Å². The van der Waals surface area contributed by atoms with Gasteiger partial charge in [0.2, 0.25) is 0 Å². The number of hydrogen-bond donors (Lipinski definition) is 1. The molecule has 2 atom stereocenters. The number of carbonyl (C=O) groups excluding carboxylic acids is 1. The minimum Gasteiger partial charge on any atom is -0.466 e. The Morgan fingerprint density at radius 3 is 2.48 bits per heavy atom. The molecule has 1 aromatic carbocycles. The van der Waals surface area contributed by atoms with Gasteiger partial charge in [-0.05, 0) is 33.3 Å². The summed E-state index contributed by atoms with van der Waals surface area (Å²) in [6.45, 7) is 7.85. The molecule has 1 N–H and O–H groups in total. The number of ether oxygens (including phenoxy) is 2. The minimum atomic E-state index is -0.930. The Balaban J connectivity index is 2.46. The second kappa shape index (κ2) is 8.15. The number of benzene rings is 1. The molecule has 0 heterocycles. The fourth-order valence-corrected chi connectivity index (χ4v) is 1.94. The van der Waals surface area contributed by atoms with Crippen molar-refractivity contribution >= 4 is 5.97 Å². The van der Waals surface area contributed by atoms with Crippen molar-refractivity contribution < 1.29 is 19.4 Å². The van der Waals surface area contributed by atoms with Crippen LogP contribution in [0.5, 0.6) is 0 Å². The molecule has 0 bridgehead atoms. The molecule has 0 fully saturated rings. The first-order chi connectivity index (χ1) is 9.87. The van der Waals surface area contributed by atoms with Gasteiger partial charge in [0.15, 0.2) is 0 Å². The van der Waals surface area contributed by atoms with Crippen LogP contribution in [-0.2, 0) is 20.9 Å². The van der Waals surface area contributed by atoms with E-state index in [9.17, 15) is 9.90 Å². The highest BCUT2D eigenvalue weighted by Crippen LogP contribution is 2.26. The zero-order chi connectivity index (χ0) is 15.9. The number of rotatable bonds is 8. The van der Waals surface area contributed by atoms with Crippen molar-refractivity contribution in [1.29, 1.82) is 0 Å². The Morgan fingerprint density at radius 2 is 1.90 bits per heavy atom. The van der Waals surface area contributed by atoms with Crippen LogP contribution in [-0.4, -0.2) is 29.9 Å². The summed E-state index contributed by atoms with van der Waals surface area (Å²) in [6, 6.07) is 9.86. The number of hydrogen-bond acceptors (Lipinski definition) is 4. The molecule has 0 unspecified atom stereocenters. The first-order valence-electron chi connectivity index (χ1n) is 7.38. The lowest BCUT2D eigenvalue weighted by Gasteiger charge is -2.29. The highest BCUT2D eigenvalue weighted by atomic mass is 16.5. The van der Waals surface area contributed by atoms with Gasteiger partial charge in [-0.3, -0.25) is 4.79 Å². The second-order valence-electron chi connectivity index (χ2n) is 5.80. The van der Waals surface area contributed by atoms with Crippen LogP contribution in [0.25, 0.3) is 0 Å². The minimum absolute atomic E-state index is 0.145. The molecular formula is C17H26O4. The normalized spacial score (nSPS) is 14.5. The third kappa shape index (κ3) is 5.48. The summed E-state index contributed by atoms with van der Waals surface area (Å²) < 4.78 is 10.7. The predicted molar refractivity (Wildman–Crippen MR) is 81.7 cm³/mol. The quantitative estimate of drug-likeness (QED) is 0.749. The molecule has 0 aliphatic rings. The number of aliphatic hydroxyl groups is 1. The van der Waals surface area contributed by atoms with Gasteiger partial charge in [-0.1, -0.05) is 30.3 Å². The maximum Gasteiger partial charge on any atom is 0.314 e. The lowest BCUT2D eigenvalue weighted by atomic mass is 9.84. The molecule has 1 rings (SSSR count). The first kappa shape index (κ1) is 17.7. The maximum atomic E-state index is 11.8. The second-order valence-corrected chi connectivity index (χ2v) is 5.80. The Hall–Kier alpha value is -1.39. The molecule has 0 amide bonds. The van der Waals surface area contributed by atoms with Gasteiger partial charge < -0.3 is 14.6 Å². The number of esters is 1. The third-order valence-electron chi connectivity index (χ3n) is 3.57. The van der Waals surface area contributed by atoms with Crippen molar-refractivity contribution in [3.8, 4) is 0 Å². The van der Waals surface area contributed by atoms with Gasteiger partial charge in [0.1, 0.15) is 0 Å². The topological polar surface area (TPSA) is 55.8 Å². The molecule has 0 saturated heterocycles. The molecule has 0 aliphatic heterocycles. The SMILES string of the molecule is CCOC(=O)C(C)(C)[C@H](O)C[C@H](C)OCc1ccccc1. The van der Waals surface area contributed by atoms with Gasteiger partial charge in [0, 0.05) is 6.42 Å². The highest BCUT2D eigenvalue weighted by molar-refractivity contribution is 5.76. The van der Waals surface area contributed by atoms with Crippen LogP contribution < -0.4 is 0 Å². The van der Waals surface area contributed by atoms with Crippen molar-refractivity contribution in [3.05, 3.63) is 35.9 Å². The summed E-state index contributed by atoms with van der Waals surface area (Å²) in [5.41, 5.74) is 0.156. The molecule has 4 nitrogen and oxygen atoms in total. The highest BCUT2D eigenvalue weighted by Gasteiger charge is 2.37. The van der Waals surface area contributed by atoms with E-state index in [0.29, 0.717) is 19.6 Å². The average Bonchev–Trinajstić information content (AvgIpc) is 2.46. The molecule has 0 aliphatic carbocycles. The van der Waals surface area contributed by atoms with E-state index in [1.807, 2.05) is 37.3 Å². The van der Waals surface area contributed by atoms with E-state index in [4.69, 9.17) is 9.47 Å². The third-order valence-corrected chi connectivity index (χ3v) is 3.57. The van der Waals surface area contributed by atoms with Crippen LogP contribution in [0.1, 0.15) is 39.7 Å². The molecule has 21 heavy (non-hydrogen) atoms. The fraction of sp³-hybridized carbons (Fsp3) is 0.588. The largest absolute Gasteiger partial charge is 0.466 e. The molecule has 1 aromatic rings. The molecule has 0 radical (unpaired) electrons. The van der Waals surface area contributed by atoms with E-state index in [-0.39, 0.29) is 12.1 Å². The molecule has 0 aromatic heterocycles. The molecular weight excluding hydrogens is 268 g/mol. The average molecular weight is 294 g/mol. The molecule has 118 valence electrons. The van der Waals surface area contributed by atoms with Crippen molar-refractivity contribution in [1.82, 2.24) is 0 Å². The van der Waals surface area contributed by atoms with E-state index < -0.39 is 11.5 Å². The van der Waals surface area contributed by atoms with E-state index in [2.05, 4.69) is 0 Å². The fourth-order valence-electron chi connectivity index (χ4n) is 1.94. The van der Waals surface area contributed by atoms with Crippen LogP contribution in [0, 0.1) is 5.41 Å². The summed E-state index contributed by atoms with van der Waals surface area (Å²) >= 11 is 0. The van der Waals surface area contributed by atoms with E-state index in [0.717, 1.165) is 5.56 Å². The van der Waals surface area contributed by atoms with Gasteiger partial charge in [-0.15, -0.1) is 0 Å². The monoisotopic (exact) mass is 294 g/mol. The zero-order valence-corrected chi connectivity index (χ0v) is 13.3. The van der Waals surface area contributed by atoms with Crippen molar-refractivity contribution in [2.24, 2.45) is 5.41 Å². The van der Waals surface area contributed by atoms with Gasteiger partial charge >= 0.3 is 5.97 Å². The predicted octanol–water partition coefficient (Wildman–Crippen LogP) is 2.93. The number of carbonyl (C=O) groups is 1. The van der Waals surface area contributed by atoms with Crippen LogP contribution >= 0.6 is 0 Å². The summed E-state index contributed by atoms with van der Waals surface area (Å²) in [5.74, 6) is -0.382. The van der Waals surface area contributed by atoms with Gasteiger partial charge in [-0.2, -0.15) is 0 Å². The molecule has 0 spiro atoms. The Morgan fingerprint density at radius 1 is 1.29 bits per heavy atom. The van der Waals surface area contributed by atoms with E-state index >= 15 is 0 Å². The van der Waals surface area contributed by atoms with Crippen LogP contribution in [0.4, 0.5) is 0 Å².